The average molecular weight is 320 g/mol. The van der Waals surface area contributed by atoms with Crippen molar-refractivity contribution in [1.82, 2.24) is 4.72 Å². The van der Waals surface area contributed by atoms with Gasteiger partial charge < -0.3 is 4.74 Å². The van der Waals surface area contributed by atoms with Crippen LogP contribution in [-0.2, 0) is 14.8 Å². The van der Waals surface area contributed by atoms with E-state index >= 15 is 0 Å². The van der Waals surface area contributed by atoms with Gasteiger partial charge in [0.25, 0.3) is 10.0 Å². The minimum absolute atomic E-state index is 0.449. The van der Waals surface area contributed by atoms with E-state index in [0.717, 1.165) is 6.07 Å². The number of nitro groups is 1. The molecular formula is C11H13FN2O6S. The molecule has 1 N–H and O–H groups in total. The maximum absolute atomic E-state index is 13.4. The molecule has 1 amide bonds. The van der Waals surface area contributed by atoms with Gasteiger partial charge in [0.15, 0.2) is 0 Å². The summed E-state index contributed by atoms with van der Waals surface area (Å²) in [5.41, 5.74) is -1.79. The summed E-state index contributed by atoms with van der Waals surface area (Å²) in [6, 6.07) is 1.96. The summed E-state index contributed by atoms with van der Waals surface area (Å²) < 4.78 is 43.4. The third-order valence-corrected chi connectivity index (χ3v) is 3.35. The van der Waals surface area contributed by atoms with E-state index in [2.05, 4.69) is 0 Å². The zero-order chi connectivity index (χ0) is 16.4. The second kappa shape index (κ2) is 5.64. The number of hydrogen-bond acceptors (Lipinski definition) is 6. The molecule has 1 aromatic rings. The Bertz CT molecular complexity index is 680. The monoisotopic (exact) mass is 320 g/mol. The standard InChI is InChI=1S/C11H13FN2O6S/c1-11(2,3)20-10(15)13-21(18,19)7-4-5-9(14(16)17)8(12)6-7/h4-6H,1-3H3,(H,13,15). The number of nitrogens with zero attached hydrogens (tertiary/aromatic N) is 1. The number of halogens is 1. The third kappa shape index (κ3) is 4.67. The summed E-state index contributed by atoms with van der Waals surface area (Å²) in [6.07, 6.45) is -1.23. The van der Waals surface area contributed by atoms with Gasteiger partial charge in [0.1, 0.15) is 5.60 Å². The number of hydrogen-bond donors (Lipinski definition) is 1. The number of carbonyl (C=O) groups excluding carboxylic acids is 1. The molecule has 0 bridgehead atoms. The summed E-state index contributed by atoms with van der Waals surface area (Å²) in [7, 11) is -4.38. The minimum atomic E-state index is -4.38. The van der Waals surface area contributed by atoms with Crippen molar-refractivity contribution in [3.8, 4) is 0 Å². The van der Waals surface area contributed by atoms with Crippen LogP contribution in [0.3, 0.4) is 0 Å². The van der Waals surface area contributed by atoms with E-state index in [1.165, 1.54) is 20.8 Å². The largest absolute Gasteiger partial charge is 0.443 e. The Morgan fingerprint density at radius 1 is 1.38 bits per heavy atom. The molecule has 1 aromatic carbocycles. The molecule has 0 saturated heterocycles. The highest BCUT2D eigenvalue weighted by Gasteiger charge is 2.25. The molecule has 0 aliphatic rings. The number of nitro benzene ring substituents is 1. The molecule has 0 aromatic heterocycles. The van der Waals surface area contributed by atoms with Gasteiger partial charge in [0, 0.05) is 12.1 Å². The normalized spacial score (nSPS) is 11.8. The summed E-state index contributed by atoms with van der Waals surface area (Å²) in [5, 5.41) is 10.4. The molecule has 1 rings (SSSR count). The van der Waals surface area contributed by atoms with Crippen LogP contribution in [0.1, 0.15) is 20.8 Å². The van der Waals surface area contributed by atoms with Gasteiger partial charge in [-0.2, -0.15) is 4.39 Å². The first-order chi connectivity index (χ1) is 9.42. The van der Waals surface area contributed by atoms with Crippen LogP contribution in [0.2, 0.25) is 0 Å². The lowest BCUT2D eigenvalue weighted by atomic mass is 10.2. The van der Waals surface area contributed by atoms with Crippen molar-refractivity contribution in [3.05, 3.63) is 34.1 Å². The zero-order valence-electron chi connectivity index (χ0n) is 11.4. The van der Waals surface area contributed by atoms with Crippen LogP contribution in [0, 0.1) is 15.9 Å². The highest BCUT2D eigenvalue weighted by Crippen LogP contribution is 2.20. The van der Waals surface area contributed by atoms with E-state index in [1.807, 2.05) is 0 Å². The Kier molecular flexibility index (Phi) is 4.52. The van der Waals surface area contributed by atoms with Crippen LogP contribution in [0.5, 0.6) is 0 Å². The molecular weight excluding hydrogens is 307 g/mol. The SMILES string of the molecule is CC(C)(C)OC(=O)NS(=O)(=O)c1ccc([N+](=O)[O-])c(F)c1. The number of rotatable bonds is 3. The van der Waals surface area contributed by atoms with Gasteiger partial charge in [-0.05, 0) is 26.8 Å². The molecule has 0 fully saturated rings. The van der Waals surface area contributed by atoms with E-state index in [9.17, 15) is 27.7 Å². The van der Waals surface area contributed by atoms with Crippen LogP contribution < -0.4 is 4.72 Å². The van der Waals surface area contributed by atoms with Gasteiger partial charge in [-0.25, -0.2) is 17.9 Å². The van der Waals surface area contributed by atoms with Crippen molar-refractivity contribution < 1.29 is 27.3 Å². The van der Waals surface area contributed by atoms with Gasteiger partial charge in [0.2, 0.25) is 5.82 Å². The Morgan fingerprint density at radius 3 is 2.38 bits per heavy atom. The van der Waals surface area contributed by atoms with E-state index in [0.29, 0.717) is 12.1 Å². The Morgan fingerprint density at radius 2 is 1.95 bits per heavy atom. The maximum Gasteiger partial charge on any atom is 0.421 e. The van der Waals surface area contributed by atoms with E-state index in [-0.39, 0.29) is 0 Å². The molecule has 0 spiro atoms. The minimum Gasteiger partial charge on any atom is -0.443 e. The maximum atomic E-state index is 13.4. The summed E-state index contributed by atoms with van der Waals surface area (Å²) in [4.78, 5) is 20.2. The number of amides is 1. The Labute approximate surface area is 120 Å². The van der Waals surface area contributed by atoms with Crippen molar-refractivity contribution in [2.75, 3.05) is 0 Å². The Hall–Kier alpha value is -2.23. The van der Waals surface area contributed by atoms with Crippen molar-refractivity contribution in [2.45, 2.75) is 31.3 Å². The average Bonchev–Trinajstić information content (AvgIpc) is 2.24. The number of benzene rings is 1. The first-order valence-electron chi connectivity index (χ1n) is 5.62. The molecule has 0 unspecified atom stereocenters. The molecule has 0 radical (unpaired) electrons. The lowest BCUT2D eigenvalue weighted by Gasteiger charge is -2.19. The lowest BCUT2D eigenvalue weighted by Crippen LogP contribution is -2.36. The van der Waals surface area contributed by atoms with E-state index < -0.39 is 43.0 Å². The summed E-state index contributed by atoms with van der Waals surface area (Å²) in [5.74, 6) is -1.33. The second-order valence-electron chi connectivity index (χ2n) is 4.98. The number of ether oxygens (including phenoxy) is 1. The second-order valence-corrected chi connectivity index (χ2v) is 6.66. The Balaban J connectivity index is 3.01. The molecule has 0 saturated carbocycles. The quantitative estimate of drug-likeness (QED) is 0.672. The fraction of sp³-hybridized carbons (Fsp3) is 0.364. The molecule has 8 nitrogen and oxygen atoms in total. The molecule has 0 atom stereocenters. The first kappa shape index (κ1) is 16.8. The fourth-order valence-corrected chi connectivity index (χ4v) is 2.16. The molecule has 0 heterocycles. The van der Waals surface area contributed by atoms with Gasteiger partial charge in [-0.1, -0.05) is 0 Å². The van der Waals surface area contributed by atoms with Gasteiger partial charge >= 0.3 is 11.8 Å². The van der Waals surface area contributed by atoms with Gasteiger partial charge in [-0.15, -0.1) is 0 Å². The smallest absolute Gasteiger partial charge is 0.421 e. The predicted molar refractivity (Wildman–Crippen MR) is 69.6 cm³/mol. The molecule has 21 heavy (non-hydrogen) atoms. The number of carbonyl (C=O) groups is 1. The molecule has 0 aliphatic carbocycles. The van der Waals surface area contributed by atoms with Crippen LogP contribution in [0.25, 0.3) is 0 Å². The summed E-state index contributed by atoms with van der Waals surface area (Å²) >= 11 is 0. The number of sulfonamides is 1. The molecule has 116 valence electrons. The summed E-state index contributed by atoms with van der Waals surface area (Å²) in [6.45, 7) is 4.60. The topological polar surface area (TPSA) is 116 Å². The number of nitrogens with one attached hydrogen (secondary N) is 1. The predicted octanol–water partition coefficient (Wildman–Crippen LogP) is 1.95. The lowest BCUT2D eigenvalue weighted by molar-refractivity contribution is -0.387. The third-order valence-electron chi connectivity index (χ3n) is 2.04. The van der Waals surface area contributed by atoms with Gasteiger partial charge in [0.05, 0.1) is 9.82 Å². The van der Waals surface area contributed by atoms with Crippen LogP contribution in [-0.4, -0.2) is 25.0 Å². The van der Waals surface area contributed by atoms with Crippen molar-refractivity contribution in [3.63, 3.8) is 0 Å². The van der Waals surface area contributed by atoms with Crippen LogP contribution in [0.15, 0.2) is 23.1 Å². The van der Waals surface area contributed by atoms with Crippen molar-refractivity contribution in [2.24, 2.45) is 0 Å². The molecule has 0 aliphatic heterocycles. The van der Waals surface area contributed by atoms with Crippen molar-refractivity contribution >= 4 is 21.8 Å². The zero-order valence-corrected chi connectivity index (χ0v) is 12.2. The van der Waals surface area contributed by atoms with E-state index in [1.54, 1.807) is 4.72 Å². The fourth-order valence-electron chi connectivity index (χ4n) is 1.27. The highest BCUT2D eigenvalue weighted by atomic mass is 32.2. The van der Waals surface area contributed by atoms with Crippen LogP contribution >= 0.6 is 0 Å². The van der Waals surface area contributed by atoms with Crippen molar-refractivity contribution in [1.29, 1.82) is 0 Å². The highest BCUT2D eigenvalue weighted by molar-refractivity contribution is 7.90. The van der Waals surface area contributed by atoms with Crippen LogP contribution in [0.4, 0.5) is 14.9 Å². The van der Waals surface area contributed by atoms with E-state index in [4.69, 9.17) is 4.74 Å². The first-order valence-corrected chi connectivity index (χ1v) is 7.10. The van der Waals surface area contributed by atoms with Gasteiger partial charge in [-0.3, -0.25) is 10.1 Å². The molecule has 10 heteroatoms.